The monoisotopic (exact) mass is 245 g/mol. The van der Waals surface area contributed by atoms with Crippen molar-refractivity contribution in [2.24, 2.45) is 0 Å². The highest BCUT2D eigenvalue weighted by atomic mass is 79.9. The Morgan fingerprint density at radius 1 is 1.67 bits per heavy atom. The molecule has 0 radical (unpaired) electrons. The molecule has 2 nitrogen and oxygen atoms in total. The molecule has 0 saturated heterocycles. The topological polar surface area (TPSA) is 33.1 Å². The third-order valence-corrected chi connectivity index (χ3v) is 1.84. The van der Waals surface area contributed by atoms with Gasteiger partial charge < -0.3 is 5.11 Å². The van der Waals surface area contributed by atoms with Crippen LogP contribution in [-0.4, -0.2) is 16.7 Å². The van der Waals surface area contributed by atoms with E-state index in [0.717, 1.165) is 4.47 Å². The van der Waals surface area contributed by atoms with Gasteiger partial charge in [0.25, 0.3) is 0 Å². The van der Waals surface area contributed by atoms with Crippen molar-refractivity contribution in [1.82, 2.24) is 4.98 Å². The van der Waals surface area contributed by atoms with Crippen molar-refractivity contribution in [1.29, 1.82) is 0 Å². The fourth-order valence-corrected chi connectivity index (χ4v) is 1.13. The van der Waals surface area contributed by atoms with Crippen LogP contribution in [0.3, 0.4) is 0 Å². The molecular weight excluding hydrogens is 241 g/mol. The van der Waals surface area contributed by atoms with Gasteiger partial charge >= 0.3 is 0 Å². The van der Waals surface area contributed by atoms with Gasteiger partial charge in [0.05, 0.1) is 5.56 Å². The van der Waals surface area contributed by atoms with Crippen molar-refractivity contribution in [3.8, 4) is 11.8 Å². The molecule has 1 N–H and O–H groups in total. The second-order valence-electron chi connectivity index (χ2n) is 1.95. The molecule has 12 heavy (non-hydrogen) atoms. The average Bonchev–Trinajstić information content (AvgIpc) is 2.07. The summed E-state index contributed by atoms with van der Waals surface area (Å²) in [5.41, 5.74) is 0.611. The summed E-state index contributed by atoms with van der Waals surface area (Å²) in [6.45, 7) is -0.178. The SMILES string of the molecule is OCC#Cc1cc(Br)cnc1Cl. The molecule has 4 heteroatoms. The zero-order valence-corrected chi connectivity index (χ0v) is 8.35. The number of aromatic nitrogens is 1. The summed E-state index contributed by atoms with van der Waals surface area (Å²) in [4.78, 5) is 3.87. The zero-order valence-electron chi connectivity index (χ0n) is 6.01. The van der Waals surface area contributed by atoms with Crippen LogP contribution in [0, 0.1) is 11.8 Å². The van der Waals surface area contributed by atoms with Gasteiger partial charge in [-0.3, -0.25) is 0 Å². The fraction of sp³-hybridized carbons (Fsp3) is 0.125. The third-order valence-electron chi connectivity index (χ3n) is 1.11. The molecule has 62 valence electrons. The molecule has 0 aliphatic heterocycles. The molecule has 0 atom stereocenters. The summed E-state index contributed by atoms with van der Waals surface area (Å²) in [5.74, 6) is 5.17. The molecule has 0 unspecified atom stereocenters. The summed E-state index contributed by atoms with van der Waals surface area (Å²) < 4.78 is 0.814. The van der Waals surface area contributed by atoms with Crippen LogP contribution < -0.4 is 0 Å². The van der Waals surface area contributed by atoms with Gasteiger partial charge in [0.15, 0.2) is 0 Å². The Hall–Kier alpha value is -0.560. The van der Waals surface area contributed by atoms with E-state index >= 15 is 0 Å². The van der Waals surface area contributed by atoms with Crippen molar-refractivity contribution in [2.75, 3.05) is 6.61 Å². The Labute approximate surface area is 83.7 Å². The van der Waals surface area contributed by atoms with Crippen molar-refractivity contribution in [2.45, 2.75) is 0 Å². The molecule has 1 rings (SSSR count). The maximum atomic E-state index is 8.44. The summed E-state index contributed by atoms with van der Waals surface area (Å²) >= 11 is 8.95. The van der Waals surface area contributed by atoms with Gasteiger partial charge in [0, 0.05) is 10.7 Å². The number of rotatable bonds is 0. The van der Waals surface area contributed by atoms with Crippen molar-refractivity contribution in [3.05, 3.63) is 27.5 Å². The number of pyridine rings is 1. The maximum absolute atomic E-state index is 8.44. The first kappa shape index (κ1) is 9.53. The van der Waals surface area contributed by atoms with Gasteiger partial charge in [-0.15, -0.1) is 0 Å². The Balaban J connectivity index is 3.05. The average molecular weight is 246 g/mol. The number of aliphatic hydroxyl groups excluding tert-OH is 1. The van der Waals surface area contributed by atoms with E-state index in [2.05, 4.69) is 32.8 Å². The van der Waals surface area contributed by atoms with Gasteiger partial charge in [-0.1, -0.05) is 23.4 Å². The van der Waals surface area contributed by atoms with E-state index in [-0.39, 0.29) is 6.61 Å². The number of hydrogen-bond acceptors (Lipinski definition) is 2. The van der Waals surface area contributed by atoms with Crippen LogP contribution in [-0.2, 0) is 0 Å². The predicted octanol–water partition coefficient (Wildman–Crippen LogP) is 1.84. The first-order chi connectivity index (χ1) is 5.74. The largest absolute Gasteiger partial charge is 0.384 e. The van der Waals surface area contributed by atoms with E-state index in [1.165, 1.54) is 0 Å². The highest BCUT2D eigenvalue weighted by molar-refractivity contribution is 9.10. The van der Waals surface area contributed by atoms with Gasteiger partial charge in [-0.25, -0.2) is 4.98 Å². The normalized spacial score (nSPS) is 8.92. The molecule has 0 aliphatic rings. The van der Waals surface area contributed by atoms with Gasteiger partial charge in [-0.2, -0.15) is 0 Å². The molecule has 1 aromatic heterocycles. The highest BCUT2D eigenvalue weighted by Gasteiger charge is 1.97. The van der Waals surface area contributed by atoms with Crippen LogP contribution in [0.1, 0.15) is 5.56 Å². The standard InChI is InChI=1S/C8H5BrClNO/c9-7-4-6(2-1-3-12)8(10)11-5-7/h4-5,12H,3H2. The maximum Gasteiger partial charge on any atom is 0.144 e. The van der Waals surface area contributed by atoms with Crippen LogP contribution in [0.25, 0.3) is 0 Å². The lowest BCUT2D eigenvalue weighted by molar-refractivity contribution is 0.350. The molecule has 0 aromatic carbocycles. The van der Waals surface area contributed by atoms with Crippen molar-refractivity contribution >= 4 is 27.5 Å². The minimum atomic E-state index is -0.178. The predicted molar refractivity (Wildman–Crippen MR) is 50.9 cm³/mol. The highest BCUT2D eigenvalue weighted by Crippen LogP contribution is 2.16. The third kappa shape index (κ3) is 2.49. The Morgan fingerprint density at radius 3 is 3.08 bits per heavy atom. The Morgan fingerprint density at radius 2 is 2.42 bits per heavy atom. The molecular formula is C8H5BrClNO. The lowest BCUT2D eigenvalue weighted by atomic mass is 10.3. The second-order valence-corrected chi connectivity index (χ2v) is 3.23. The minimum Gasteiger partial charge on any atom is -0.384 e. The van der Waals surface area contributed by atoms with Gasteiger partial charge in [0.2, 0.25) is 0 Å². The first-order valence-corrected chi connectivity index (χ1v) is 4.32. The smallest absolute Gasteiger partial charge is 0.144 e. The van der Waals surface area contributed by atoms with Crippen molar-refractivity contribution in [3.63, 3.8) is 0 Å². The first-order valence-electron chi connectivity index (χ1n) is 3.15. The lowest BCUT2D eigenvalue weighted by Crippen LogP contribution is -1.83. The van der Waals surface area contributed by atoms with Crippen LogP contribution in [0.15, 0.2) is 16.7 Å². The lowest BCUT2D eigenvalue weighted by Gasteiger charge is -1.94. The van der Waals surface area contributed by atoms with Crippen LogP contribution in [0.5, 0.6) is 0 Å². The van der Waals surface area contributed by atoms with Crippen molar-refractivity contribution < 1.29 is 5.11 Å². The number of nitrogens with zero attached hydrogens (tertiary/aromatic N) is 1. The zero-order chi connectivity index (χ0) is 8.97. The van der Waals surface area contributed by atoms with E-state index in [0.29, 0.717) is 10.7 Å². The second kappa shape index (κ2) is 4.46. The number of halogens is 2. The molecule has 1 heterocycles. The summed E-state index contributed by atoms with van der Waals surface area (Å²) in [6.07, 6.45) is 1.59. The molecule has 0 spiro atoms. The molecule has 0 bridgehead atoms. The minimum absolute atomic E-state index is 0.178. The molecule has 0 fully saturated rings. The number of aliphatic hydroxyl groups is 1. The van der Waals surface area contributed by atoms with E-state index in [4.69, 9.17) is 16.7 Å². The number of hydrogen-bond donors (Lipinski definition) is 1. The molecule has 0 amide bonds. The Kier molecular flexibility index (Phi) is 3.54. The van der Waals surface area contributed by atoms with E-state index in [1.54, 1.807) is 12.3 Å². The summed E-state index contributed by atoms with van der Waals surface area (Å²) in [6, 6.07) is 1.75. The van der Waals surface area contributed by atoms with E-state index in [9.17, 15) is 0 Å². The Bertz CT molecular complexity index is 343. The molecule has 1 aromatic rings. The van der Waals surface area contributed by atoms with Crippen LogP contribution in [0.2, 0.25) is 5.15 Å². The summed E-state index contributed by atoms with van der Waals surface area (Å²) in [5, 5.41) is 8.79. The van der Waals surface area contributed by atoms with E-state index < -0.39 is 0 Å². The quantitative estimate of drug-likeness (QED) is 0.560. The van der Waals surface area contributed by atoms with E-state index in [1.807, 2.05) is 0 Å². The van der Waals surface area contributed by atoms with Gasteiger partial charge in [0.1, 0.15) is 11.8 Å². The summed E-state index contributed by atoms with van der Waals surface area (Å²) in [7, 11) is 0. The molecule has 0 aliphatic carbocycles. The van der Waals surface area contributed by atoms with Crippen LogP contribution in [0.4, 0.5) is 0 Å². The van der Waals surface area contributed by atoms with Gasteiger partial charge in [-0.05, 0) is 22.0 Å². The molecule has 0 saturated carbocycles. The van der Waals surface area contributed by atoms with Crippen LogP contribution >= 0.6 is 27.5 Å². The fourth-order valence-electron chi connectivity index (χ4n) is 0.645.